The van der Waals surface area contributed by atoms with Gasteiger partial charge in [-0.2, -0.15) is 15.0 Å². The van der Waals surface area contributed by atoms with Crippen LogP contribution in [0.3, 0.4) is 0 Å². The Bertz CT molecular complexity index is 443. The van der Waals surface area contributed by atoms with Crippen LogP contribution in [0.4, 0.5) is 11.9 Å². The second-order valence-electron chi connectivity index (χ2n) is 4.33. The molecule has 0 radical (unpaired) electrons. The summed E-state index contributed by atoms with van der Waals surface area (Å²) in [6, 6.07) is 0.276. The Morgan fingerprint density at radius 2 is 2.20 bits per heavy atom. The van der Waals surface area contributed by atoms with E-state index in [1.165, 1.54) is 0 Å². The molecule has 1 fully saturated rings. The van der Waals surface area contributed by atoms with Gasteiger partial charge >= 0.3 is 6.01 Å². The number of aromatic nitrogens is 3. The number of rotatable bonds is 5. The van der Waals surface area contributed by atoms with Crippen molar-refractivity contribution in [1.29, 1.82) is 0 Å². The van der Waals surface area contributed by atoms with Crippen molar-refractivity contribution in [2.24, 2.45) is 0 Å². The summed E-state index contributed by atoms with van der Waals surface area (Å²) in [5.41, 5.74) is 0. The van der Waals surface area contributed by atoms with Crippen molar-refractivity contribution in [1.82, 2.24) is 20.3 Å². The molecular weight excluding hydrogens is 260 g/mol. The normalized spacial score (nSPS) is 15.5. The van der Waals surface area contributed by atoms with Gasteiger partial charge in [0.15, 0.2) is 0 Å². The standard InChI is InChI=1S/C12H20N6O2/c1-3-13-10-15-11(17-12(16-10)20-4-2)18-7-5-6-14-9(19)8-18/h3-8H2,1-2H3,(H,14,19)(H,13,15,16,17). The Hall–Kier alpha value is -2.12. The number of hydrogen-bond acceptors (Lipinski definition) is 7. The van der Waals surface area contributed by atoms with Crippen LogP contribution in [0.5, 0.6) is 6.01 Å². The largest absolute Gasteiger partial charge is 0.464 e. The first-order valence-corrected chi connectivity index (χ1v) is 6.87. The molecule has 0 saturated carbocycles. The van der Waals surface area contributed by atoms with Gasteiger partial charge in [-0.1, -0.05) is 0 Å². The predicted molar refractivity (Wildman–Crippen MR) is 75.0 cm³/mol. The van der Waals surface area contributed by atoms with Gasteiger partial charge in [0, 0.05) is 19.6 Å². The Balaban J connectivity index is 2.25. The van der Waals surface area contributed by atoms with Crippen molar-refractivity contribution in [2.75, 3.05) is 43.0 Å². The molecule has 110 valence electrons. The lowest BCUT2D eigenvalue weighted by Crippen LogP contribution is -2.34. The summed E-state index contributed by atoms with van der Waals surface area (Å²) < 4.78 is 5.35. The summed E-state index contributed by atoms with van der Waals surface area (Å²) in [5.74, 6) is 0.910. The van der Waals surface area contributed by atoms with Crippen LogP contribution in [0, 0.1) is 0 Å². The Morgan fingerprint density at radius 1 is 1.35 bits per heavy atom. The van der Waals surface area contributed by atoms with Gasteiger partial charge in [-0.05, 0) is 20.3 Å². The lowest BCUT2D eigenvalue weighted by Gasteiger charge is -2.19. The van der Waals surface area contributed by atoms with E-state index in [1.807, 2.05) is 18.7 Å². The Labute approximate surface area is 118 Å². The summed E-state index contributed by atoms with van der Waals surface area (Å²) in [6.45, 7) is 6.67. The van der Waals surface area contributed by atoms with Crippen LogP contribution in [0.25, 0.3) is 0 Å². The van der Waals surface area contributed by atoms with Crippen LogP contribution in [0.1, 0.15) is 20.3 Å². The molecular formula is C12H20N6O2. The van der Waals surface area contributed by atoms with Gasteiger partial charge in [0.05, 0.1) is 13.2 Å². The van der Waals surface area contributed by atoms with E-state index in [0.29, 0.717) is 31.6 Å². The number of hydrogen-bond donors (Lipinski definition) is 2. The number of ether oxygens (including phenoxy) is 1. The molecule has 8 heteroatoms. The summed E-state index contributed by atoms with van der Waals surface area (Å²) >= 11 is 0. The lowest BCUT2D eigenvalue weighted by atomic mass is 10.4. The SMILES string of the molecule is CCNc1nc(OCC)nc(N2CCCNC(=O)C2)n1. The number of carbonyl (C=O) groups is 1. The van der Waals surface area contributed by atoms with Crippen molar-refractivity contribution in [3.63, 3.8) is 0 Å². The van der Waals surface area contributed by atoms with E-state index >= 15 is 0 Å². The zero-order chi connectivity index (χ0) is 14.4. The maximum absolute atomic E-state index is 11.6. The van der Waals surface area contributed by atoms with Crippen LogP contribution >= 0.6 is 0 Å². The number of nitrogens with zero attached hydrogens (tertiary/aromatic N) is 4. The fourth-order valence-corrected chi connectivity index (χ4v) is 1.89. The first-order chi connectivity index (χ1) is 9.72. The highest BCUT2D eigenvalue weighted by Gasteiger charge is 2.19. The molecule has 0 atom stereocenters. The fraction of sp³-hybridized carbons (Fsp3) is 0.667. The van der Waals surface area contributed by atoms with E-state index in [1.54, 1.807) is 0 Å². The maximum Gasteiger partial charge on any atom is 0.323 e. The lowest BCUT2D eigenvalue weighted by molar-refractivity contribution is -0.119. The molecule has 8 nitrogen and oxygen atoms in total. The summed E-state index contributed by atoms with van der Waals surface area (Å²) in [6.07, 6.45) is 0.859. The average molecular weight is 280 g/mol. The minimum Gasteiger partial charge on any atom is -0.464 e. The van der Waals surface area contributed by atoms with Crippen LogP contribution < -0.4 is 20.3 Å². The number of amides is 1. The van der Waals surface area contributed by atoms with Gasteiger partial charge in [0.2, 0.25) is 17.8 Å². The van der Waals surface area contributed by atoms with E-state index in [2.05, 4.69) is 25.6 Å². The van der Waals surface area contributed by atoms with Gasteiger partial charge < -0.3 is 20.3 Å². The third-order valence-corrected chi connectivity index (χ3v) is 2.76. The molecule has 0 bridgehead atoms. The molecule has 0 aliphatic carbocycles. The van der Waals surface area contributed by atoms with E-state index in [9.17, 15) is 4.79 Å². The molecule has 0 aromatic carbocycles. The number of nitrogens with one attached hydrogen (secondary N) is 2. The second-order valence-corrected chi connectivity index (χ2v) is 4.33. The van der Waals surface area contributed by atoms with Crippen LogP contribution in [0.2, 0.25) is 0 Å². The van der Waals surface area contributed by atoms with Gasteiger partial charge in [-0.15, -0.1) is 0 Å². The smallest absolute Gasteiger partial charge is 0.323 e. The fourth-order valence-electron chi connectivity index (χ4n) is 1.89. The average Bonchev–Trinajstić information content (AvgIpc) is 2.64. The molecule has 2 heterocycles. The third-order valence-electron chi connectivity index (χ3n) is 2.76. The molecule has 0 spiro atoms. The Morgan fingerprint density at radius 3 is 2.95 bits per heavy atom. The van der Waals surface area contributed by atoms with Gasteiger partial charge in [0.1, 0.15) is 0 Å². The van der Waals surface area contributed by atoms with Crippen molar-refractivity contribution in [2.45, 2.75) is 20.3 Å². The van der Waals surface area contributed by atoms with Gasteiger partial charge in [-0.25, -0.2) is 0 Å². The Kier molecular flexibility index (Phi) is 4.91. The highest BCUT2D eigenvalue weighted by Crippen LogP contribution is 2.16. The highest BCUT2D eigenvalue weighted by atomic mass is 16.5. The first-order valence-electron chi connectivity index (χ1n) is 6.87. The van der Waals surface area contributed by atoms with Crippen LogP contribution in [-0.2, 0) is 4.79 Å². The topological polar surface area (TPSA) is 92.3 Å². The zero-order valence-electron chi connectivity index (χ0n) is 11.8. The number of carbonyl (C=O) groups excluding carboxylic acids is 1. The van der Waals surface area contributed by atoms with Crippen LogP contribution in [-0.4, -0.2) is 53.6 Å². The highest BCUT2D eigenvalue weighted by molar-refractivity contribution is 5.81. The van der Waals surface area contributed by atoms with E-state index in [0.717, 1.165) is 13.0 Å². The molecule has 1 aromatic heterocycles. The molecule has 1 saturated heterocycles. The van der Waals surface area contributed by atoms with E-state index in [-0.39, 0.29) is 18.5 Å². The molecule has 1 aromatic rings. The van der Waals surface area contributed by atoms with Crippen LogP contribution in [0.15, 0.2) is 0 Å². The quantitative estimate of drug-likeness (QED) is 0.786. The molecule has 1 amide bonds. The zero-order valence-corrected chi connectivity index (χ0v) is 11.8. The predicted octanol–water partition coefficient (Wildman–Crippen LogP) is 0.0284. The van der Waals surface area contributed by atoms with Crippen molar-refractivity contribution >= 4 is 17.8 Å². The molecule has 1 aliphatic heterocycles. The minimum absolute atomic E-state index is 0.0223. The molecule has 1 aliphatic rings. The minimum atomic E-state index is -0.0223. The summed E-state index contributed by atoms with van der Waals surface area (Å²) in [7, 11) is 0. The maximum atomic E-state index is 11.6. The van der Waals surface area contributed by atoms with Crippen molar-refractivity contribution in [3.05, 3.63) is 0 Å². The molecule has 0 unspecified atom stereocenters. The summed E-state index contributed by atoms with van der Waals surface area (Å²) in [4.78, 5) is 26.2. The van der Waals surface area contributed by atoms with E-state index in [4.69, 9.17) is 4.74 Å². The van der Waals surface area contributed by atoms with Gasteiger partial charge in [-0.3, -0.25) is 4.79 Å². The van der Waals surface area contributed by atoms with Gasteiger partial charge in [0.25, 0.3) is 0 Å². The first kappa shape index (κ1) is 14.3. The van der Waals surface area contributed by atoms with Crippen molar-refractivity contribution < 1.29 is 9.53 Å². The molecule has 2 rings (SSSR count). The molecule has 20 heavy (non-hydrogen) atoms. The number of anilines is 2. The monoisotopic (exact) mass is 280 g/mol. The van der Waals surface area contributed by atoms with E-state index < -0.39 is 0 Å². The summed E-state index contributed by atoms with van der Waals surface area (Å²) in [5, 5.41) is 5.87. The third kappa shape index (κ3) is 3.69. The van der Waals surface area contributed by atoms with Crippen molar-refractivity contribution in [3.8, 4) is 6.01 Å². The second kappa shape index (κ2) is 6.88. The molecule has 2 N–H and O–H groups in total.